The van der Waals surface area contributed by atoms with Crippen LogP contribution in [0.25, 0.3) is 0 Å². The Morgan fingerprint density at radius 2 is 1.80 bits per heavy atom. The molecule has 3 nitrogen and oxygen atoms in total. The van der Waals surface area contributed by atoms with Crippen LogP contribution in [-0.4, -0.2) is 18.9 Å². The molecule has 0 aliphatic carbocycles. The number of hydrogen-bond donors (Lipinski definition) is 0. The van der Waals surface area contributed by atoms with E-state index in [1.54, 1.807) is 6.92 Å². The highest BCUT2D eigenvalue weighted by Crippen LogP contribution is 2.16. The molecule has 0 spiro atoms. The number of carbonyl (C=O) groups excluding carboxylic acids is 2. The molecule has 0 saturated heterocycles. The summed E-state index contributed by atoms with van der Waals surface area (Å²) in [4.78, 5) is 22.3. The van der Waals surface area contributed by atoms with E-state index in [0.717, 1.165) is 7.11 Å². The van der Waals surface area contributed by atoms with Gasteiger partial charge in [0, 0.05) is 0 Å². The second-order valence-corrected chi connectivity index (χ2v) is 3.13. The van der Waals surface area contributed by atoms with Crippen molar-refractivity contribution in [3.05, 3.63) is 35.6 Å². The lowest BCUT2D eigenvalue weighted by atomic mass is 9.97. The molecule has 0 fully saturated rings. The fourth-order valence-electron chi connectivity index (χ4n) is 1.18. The molecule has 0 aliphatic heterocycles. The van der Waals surface area contributed by atoms with Crippen LogP contribution in [0, 0.1) is 5.82 Å². The van der Waals surface area contributed by atoms with E-state index in [1.807, 2.05) is 0 Å². The first kappa shape index (κ1) is 11.4. The van der Waals surface area contributed by atoms with E-state index in [9.17, 15) is 14.0 Å². The number of carbonyl (C=O) groups is 2. The number of halogens is 1. The summed E-state index contributed by atoms with van der Waals surface area (Å²) < 4.78 is 16.9. The third-order valence-corrected chi connectivity index (χ3v) is 2.15. The summed E-state index contributed by atoms with van der Waals surface area (Å²) in [6.07, 6.45) is 0. The summed E-state index contributed by atoms with van der Waals surface area (Å²) in [6, 6.07) is 5.44. The maximum absolute atomic E-state index is 12.6. The van der Waals surface area contributed by atoms with Crippen LogP contribution < -0.4 is 0 Å². The van der Waals surface area contributed by atoms with Crippen LogP contribution in [0.1, 0.15) is 18.4 Å². The summed E-state index contributed by atoms with van der Waals surface area (Å²) in [7, 11) is 1.15. The number of methoxy groups -OCH3 is 1. The Hall–Kier alpha value is -1.71. The highest BCUT2D eigenvalue weighted by atomic mass is 19.1. The second kappa shape index (κ2) is 4.68. The van der Waals surface area contributed by atoms with Crippen LogP contribution in [0.4, 0.5) is 4.39 Å². The van der Waals surface area contributed by atoms with Crippen molar-refractivity contribution in [2.75, 3.05) is 7.11 Å². The number of benzene rings is 1. The lowest BCUT2D eigenvalue weighted by molar-refractivity contribution is -0.152. The van der Waals surface area contributed by atoms with Gasteiger partial charge in [-0.2, -0.15) is 0 Å². The molecule has 1 aromatic carbocycles. The molecular formula is C11H11FO3. The number of esters is 1. The lowest BCUT2D eigenvalue weighted by Gasteiger charge is -2.08. The fraction of sp³-hybridized carbons (Fsp3) is 0.273. The van der Waals surface area contributed by atoms with Crippen LogP contribution in [0.5, 0.6) is 0 Å². The van der Waals surface area contributed by atoms with Gasteiger partial charge in [-0.15, -0.1) is 0 Å². The molecule has 0 heterocycles. The fourth-order valence-corrected chi connectivity index (χ4v) is 1.18. The smallest absolute Gasteiger partial charge is 0.374 e. The number of Topliss-reactive ketones (excluding diaryl/α,β-unsaturated/α-hetero) is 1. The number of rotatable bonds is 3. The van der Waals surface area contributed by atoms with Crippen molar-refractivity contribution >= 4 is 11.8 Å². The van der Waals surface area contributed by atoms with E-state index >= 15 is 0 Å². The molecule has 1 unspecified atom stereocenters. The van der Waals surface area contributed by atoms with Crippen molar-refractivity contribution < 1.29 is 18.7 Å². The standard InChI is InChI=1S/C11H11FO3/c1-7(10(13)11(14)15-2)8-3-5-9(12)6-4-8/h3-7H,1-2H3. The maximum atomic E-state index is 12.6. The quantitative estimate of drug-likeness (QED) is 0.563. The summed E-state index contributed by atoms with van der Waals surface area (Å²) in [6.45, 7) is 1.58. The first-order valence-corrected chi connectivity index (χ1v) is 4.44. The normalized spacial score (nSPS) is 11.9. The van der Waals surface area contributed by atoms with Crippen molar-refractivity contribution in [3.8, 4) is 0 Å². The highest BCUT2D eigenvalue weighted by Gasteiger charge is 2.23. The largest absolute Gasteiger partial charge is 0.463 e. The Morgan fingerprint density at radius 1 is 1.27 bits per heavy atom. The third kappa shape index (κ3) is 2.62. The van der Waals surface area contributed by atoms with Gasteiger partial charge in [0.15, 0.2) is 0 Å². The molecule has 4 heteroatoms. The van der Waals surface area contributed by atoms with E-state index in [-0.39, 0.29) is 5.82 Å². The first-order valence-electron chi connectivity index (χ1n) is 4.44. The summed E-state index contributed by atoms with van der Waals surface area (Å²) >= 11 is 0. The zero-order valence-corrected chi connectivity index (χ0v) is 8.49. The van der Waals surface area contributed by atoms with E-state index in [1.165, 1.54) is 24.3 Å². The van der Waals surface area contributed by atoms with Gasteiger partial charge in [-0.25, -0.2) is 9.18 Å². The number of ketones is 1. The number of ether oxygens (including phenoxy) is 1. The molecule has 0 bridgehead atoms. The van der Waals surface area contributed by atoms with Crippen LogP contribution in [0.2, 0.25) is 0 Å². The predicted molar refractivity (Wildman–Crippen MR) is 51.8 cm³/mol. The minimum Gasteiger partial charge on any atom is -0.463 e. The van der Waals surface area contributed by atoms with E-state index in [2.05, 4.69) is 4.74 Å². The molecule has 1 atom stereocenters. The van der Waals surface area contributed by atoms with Gasteiger partial charge < -0.3 is 4.74 Å². The minimum atomic E-state index is -0.883. The Bertz CT molecular complexity index is 370. The third-order valence-electron chi connectivity index (χ3n) is 2.15. The number of hydrogen-bond acceptors (Lipinski definition) is 3. The Kier molecular flexibility index (Phi) is 3.55. The van der Waals surface area contributed by atoms with Crippen LogP contribution in [0.15, 0.2) is 24.3 Å². The van der Waals surface area contributed by atoms with Crippen molar-refractivity contribution in [2.24, 2.45) is 0 Å². The summed E-state index contributed by atoms with van der Waals surface area (Å²) in [5, 5.41) is 0. The van der Waals surface area contributed by atoms with Gasteiger partial charge in [0.2, 0.25) is 5.78 Å². The van der Waals surface area contributed by atoms with Crippen LogP contribution in [-0.2, 0) is 14.3 Å². The summed E-state index contributed by atoms with van der Waals surface area (Å²) in [5.74, 6) is -2.51. The van der Waals surface area contributed by atoms with E-state index in [0.29, 0.717) is 5.56 Å². The average molecular weight is 210 g/mol. The maximum Gasteiger partial charge on any atom is 0.374 e. The van der Waals surface area contributed by atoms with Crippen molar-refractivity contribution in [1.29, 1.82) is 0 Å². The average Bonchev–Trinajstić information content (AvgIpc) is 2.27. The zero-order valence-electron chi connectivity index (χ0n) is 8.49. The van der Waals surface area contributed by atoms with Gasteiger partial charge in [-0.05, 0) is 17.7 Å². The van der Waals surface area contributed by atoms with Gasteiger partial charge in [0.1, 0.15) is 5.82 Å². The van der Waals surface area contributed by atoms with Gasteiger partial charge in [-0.1, -0.05) is 19.1 Å². The highest BCUT2D eigenvalue weighted by molar-refractivity contribution is 6.35. The Labute approximate surface area is 86.9 Å². The molecule has 0 aromatic heterocycles. The molecule has 0 radical (unpaired) electrons. The van der Waals surface area contributed by atoms with Gasteiger partial charge in [-0.3, -0.25) is 4.79 Å². The molecule has 15 heavy (non-hydrogen) atoms. The monoisotopic (exact) mass is 210 g/mol. The molecule has 80 valence electrons. The molecule has 1 rings (SSSR count). The molecule has 0 aliphatic rings. The van der Waals surface area contributed by atoms with Crippen molar-refractivity contribution in [2.45, 2.75) is 12.8 Å². The summed E-state index contributed by atoms with van der Waals surface area (Å²) in [5.41, 5.74) is 0.590. The zero-order chi connectivity index (χ0) is 11.4. The molecule has 0 saturated carbocycles. The molecular weight excluding hydrogens is 199 g/mol. The van der Waals surface area contributed by atoms with Gasteiger partial charge >= 0.3 is 5.97 Å². The molecule has 0 N–H and O–H groups in total. The predicted octanol–water partition coefficient (Wildman–Crippen LogP) is 1.67. The van der Waals surface area contributed by atoms with E-state index in [4.69, 9.17) is 0 Å². The van der Waals surface area contributed by atoms with Crippen LogP contribution in [0.3, 0.4) is 0 Å². The van der Waals surface area contributed by atoms with Gasteiger partial charge in [0.05, 0.1) is 13.0 Å². The Balaban J connectivity index is 2.85. The first-order chi connectivity index (χ1) is 7.06. The Morgan fingerprint density at radius 3 is 2.27 bits per heavy atom. The van der Waals surface area contributed by atoms with Crippen LogP contribution >= 0.6 is 0 Å². The van der Waals surface area contributed by atoms with Crippen molar-refractivity contribution in [1.82, 2.24) is 0 Å². The second-order valence-electron chi connectivity index (χ2n) is 3.13. The minimum absolute atomic E-state index is 0.378. The van der Waals surface area contributed by atoms with E-state index < -0.39 is 17.7 Å². The van der Waals surface area contributed by atoms with Crippen molar-refractivity contribution in [3.63, 3.8) is 0 Å². The lowest BCUT2D eigenvalue weighted by Crippen LogP contribution is -2.21. The topological polar surface area (TPSA) is 43.4 Å². The molecule has 0 amide bonds. The molecule has 1 aromatic rings. The SMILES string of the molecule is COC(=O)C(=O)C(C)c1ccc(F)cc1. The van der Waals surface area contributed by atoms with Gasteiger partial charge in [0.25, 0.3) is 0 Å².